The monoisotopic (exact) mass is 408 g/mol. The number of allylic oxidation sites excluding steroid dienone is 2. The first-order valence-corrected chi connectivity index (χ1v) is 12.7. The second-order valence-electron chi connectivity index (χ2n) is 8.05. The summed E-state index contributed by atoms with van der Waals surface area (Å²) in [5.74, 6) is 0. The molecule has 2 nitrogen and oxygen atoms in total. The molecule has 1 N–H and O–H groups in total. The third-order valence-electron chi connectivity index (χ3n) is 5.13. The highest BCUT2D eigenvalue weighted by molar-refractivity contribution is 6.73. The molecular formula is C21H39F3O2Si. The van der Waals surface area contributed by atoms with Crippen LogP contribution in [0.5, 0.6) is 0 Å². The van der Waals surface area contributed by atoms with Gasteiger partial charge in [-0.1, -0.05) is 45.4 Å². The molecule has 0 aliphatic heterocycles. The zero-order chi connectivity index (χ0) is 21.2. The number of hydrogen-bond donors (Lipinski definition) is 1. The fourth-order valence-electron chi connectivity index (χ4n) is 2.98. The van der Waals surface area contributed by atoms with Crippen molar-refractivity contribution in [2.75, 3.05) is 0 Å². The van der Waals surface area contributed by atoms with Crippen molar-refractivity contribution in [1.29, 1.82) is 0 Å². The fraction of sp³-hybridized carbons (Fsp3) is 0.810. The van der Waals surface area contributed by atoms with Crippen LogP contribution in [0.2, 0.25) is 18.1 Å². The summed E-state index contributed by atoms with van der Waals surface area (Å²) in [6.07, 6.45) is 6.40. The summed E-state index contributed by atoms with van der Waals surface area (Å²) < 4.78 is 46.8. The molecule has 160 valence electrons. The molecule has 0 aromatic rings. The van der Waals surface area contributed by atoms with E-state index in [-0.39, 0.29) is 0 Å². The zero-order valence-corrected chi connectivity index (χ0v) is 19.0. The highest BCUT2D eigenvalue weighted by atomic mass is 28.4. The molecule has 0 saturated carbocycles. The van der Waals surface area contributed by atoms with Crippen LogP contribution in [-0.2, 0) is 4.43 Å². The minimum atomic E-state index is -4.41. The van der Waals surface area contributed by atoms with E-state index >= 15 is 0 Å². The van der Waals surface area contributed by atoms with Crippen molar-refractivity contribution in [2.45, 2.75) is 109 Å². The number of alkyl halides is 3. The summed E-state index contributed by atoms with van der Waals surface area (Å²) in [6, 6.07) is 2.08. The summed E-state index contributed by atoms with van der Waals surface area (Å²) in [6.45, 7) is 10.4. The van der Waals surface area contributed by atoms with Crippen LogP contribution in [0.1, 0.15) is 73.6 Å². The molecule has 0 saturated heterocycles. The van der Waals surface area contributed by atoms with Crippen LogP contribution in [0.15, 0.2) is 24.3 Å². The number of aliphatic hydroxyl groups is 1. The molecular weight excluding hydrogens is 369 g/mol. The second kappa shape index (κ2) is 11.4. The minimum absolute atomic E-state index is 0.614. The molecule has 0 aromatic carbocycles. The number of halogens is 3. The van der Waals surface area contributed by atoms with E-state index in [0.29, 0.717) is 24.6 Å². The Labute approximate surface area is 165 Å². The van der Waals surface area contributed by atoms with Gasteiger partial charge < -0.3 is 9.53 Å². The SMILES string of the molecule is CC[Si](CC)(CC)OC(C)(C=CCCCCCC=CC(C)(C)O)C(F)(F)F. The molecule has 0 aromatic heterocycles. The quantitative estimate of drug-likeness (QED) is 0.199. The van der Waals surface area contributed by atoms with Crippen molar-refractivity contribution in [2.24, 2.45) is 0 Å². The maximum absolute atomic E-state index is 13.7. The standard InChI is InChI=1S/C21H39F3O2Si/c1-7-27(8-2,9-3)26-20(6,21(22,23)24)18-16-14-12-10-11-13-15-17-19(4,5)25/h15-18,25H,7-14H2,1-6H3. The number of unbranched alkanes of at least 4 members (excludes halogenated alkanes) is 4. The van der Waals surface area contributed by atoms with Crippen molar-refractivity contribution in [3.63, 3.8) is 0 Å². The van der Waals surface area contributed by atoms with E-state index in [1.165, 1.54) is 6.08 Å². The van der Waals surface area contributed by atoms with Gasteiger partial charge in [0.25, 0.3) is 0 Å². The smallest absolute Gasteiger partial charge is 0.400 e. The number of hydrogen-bond acceptors (Lipinski definition) is 2. The van der Waals surface area contributed by atoms with Gasteiger partial charge >= 0.3 is 6.18 Å². The van der Waals surface area contributed by atoms with Gasteiger partial charge in [-0.3, -0.25) is 0 Å². The lowest BCUT2D eigenvalue weighted by Crippen LogP contribution is -2.52. The highest BCUT2D eigenvalue weighted by Gasteiger charge is 2.53. The first kappa shape index (κ1) is 26.4. The molecule has 0 spiro atoms. The van der Waals surface area contributed by atoms with Crippen molar-refractivity contribution < 1.29 is 22.7 Å². The van der Waals surface area contributed by atoms with Gasteiger partial charge in [-0.2, -0.15) is 13.2 Å². The third kappa shape index (κ3) is 9.95. The van der Waals surface area contributed by atoms with Gasteiger partial charge in [0.05, 0.1) is 5.60 Å². The molecule has 0 heterocycles. The largest absolute Gasteiger partial charge is 0.419 e. The summed E-state index contributed by atoms with van der Waals surface area (Å²) >= 11 is 0. The molecule has 0 bridgehead atoms. The summed E-state index contributed by atoms with van der Waals surface area (Å²) in [5, 5.41) is 9.57. The molecule has 0 fully saturated rings. The van der Waals surface area contributed by atoms with E-state index in [1.54, 1.807) is 26.0 Å². The van der Waals surface area contributed by atoms with Crippen molar-refractivity contribution in [3.8, 4) is 0 Å². The van der Waals surface area contributed by atoms with Crippen LogP contribution >= 0.6 is 0 Å². The van der Waals surface area contributed by atoms with E-state index < -0.39 is 25.7 Å². The zero-order valence-electron chi connectivity index (χ0n) is 18.0. The van der Waals surface area contributed by atoms with Gasteiger partial charge in [0, 0.05) is 0 Å². The molecule has 0 aliphatic carbocycles. The maximum atomic E-state index is 13.7. The Balaban J connectivity index is 4.64. The van der Waals surface area contributed by atoms with Crippen LogP contribution in [0, 0.1) is 0 Å². The van der Waals surface area contributed by atoms with Crippen molar-refractivity contribution in [1.82, 2.24) is 0 Å². The van der Waals surface area contributed by atoms with Gasteiger partial charge in [-0.25, -0.2) is 0 Å². The normalized spacial score (nSPS) is 16.4. The molecule has 1 atom stereocenters. The van der Waals surface area contributed by atoms with Crippen molar-refractivity contribution >= 4 is 8.32 Å². The Kier molecular flexibility index (Phi) is 11.2. The van der Waals surface area contributed by atoms with E-state index in [4.69, 9.17) is 4.43 Å². The van der Waals surface area contributed by atoms with E-state index in [2.05, 4.69) is 0 Å². The van der Waals surface area contributed by atoms with Crippen LogP contribution in [0.25, 0.3) is 0 Å². The summed E-state index contributed by atoms with van der Waals surface area (Å²) in [4.78, 5) is 0. The van der Waals surface area contributed by atoms with Crippen LogP contribution in [0.4, 0.5) is 13.2 Å². The van der Waals surface area contributed by atoms with Crippen LogP contribution in [-0.4, -0.2) is 30.8 Å². The minimum Gasteiger partial charge on any atom is -0.400 e. The Morgan fingerprint density at radius 3 is 1.63 bits per heavy atom. The van der Waals surface area contributed by atoms with Crippen molar-refractivity contribution in [3.05, 3.63) is 24.3 Å². The Hall–Kier alpha value is -0.593. The average molecular weight is 409 g/mol. The van der Waals surface area contributed by atoms with Gasteiger partial charge in [0.15, 0.2) is 13.9 Å². The summed E-state index contributed by atoms with van der Waals surface area (Å²) in [5.41, 5.74) is -2.99. The summed E-state index contributed by atoms with van der Waals surface area (Å²) in [7, 11) is -2.37. The molecule has 1 unspecified atom stereocenters. The van der Waals surface area contributed by atoms with Gasteiger partial charge in [0.2, 0.25) is 0 Å². The first-order valence-electron chi connectivity index (χ1n) is 10.2. The van der Waals surface area contributed by atoms with Gasteiger partial charge in [-0.05, 0) is 70.7 Å². The van der Waals surface area contributed by atoms with Gasteiger partial charge in [0.1, 0.15) is 0 Å². The van der Waals surface area contributed by atoms with E-state index in [9.17, 15) is 18.3 Å². The lowest BCUT2D eigenvalue weighted by atomic mass is 10.0. The van der Waals surface area contributed by atoms with E-state index in [1.807, 2.05) is 26.8 Å². The topological polar surface area (TPSA) is 29.5 Å². The number of rotatable bonds is 13. The lowest BCUT2D eigenvalue weighted by molar-refractivity contribution is -0.226. The Morgan fingerprint density at radius 2 is 1.26 bits per heavy atom. The molecule has 0 aliphatic rings. The Bertz CT molecular complexity index is 455. The highest BCUT2D eigenvalue weighted by Crippen LogP contribution is 2.39. The third-order valence-corrected chi connectivity index (χ3v) is 9.85. The predicted octanol–water partition coefficient (Wildman–Crippen LogP) is 7.16. The molecule has 0 amide bonds. The maximum Gasteiger partial charge on any atom is 0.419 e. The predicted molar refractivity (Wildman–Crippen MR) is 110 cm³/mol. The molecule has 0 radical (unpaired) electrons. The second-order valence-corrected chi connectivity index (χ2v) is 12.7. The molecule has 6 heteroatoms. The molecule has 0 rings (SSSR count). The molecule has 27 heavy (non-hydrogen) atoms. The lowest BCUT2D eigenvalue weighted by Gasteiger charge is -2.39. The van der Waals surface area contributed by atoms with Crippen LogP contribution < -0.4 is 0 Å². The fourth-order valence-corrected chi connectivity index (χ4v) is 6.00. The first-order chi connectivity index (χ1) is 12.3. The Morgan fingerprint density at radius 1 is 0.815 bits per heavy atom. The van der Waals surface area contributed by atoms with Crippen LogP contribution in [0.3, 0.4) is 0 Å². The van der Waals surface area contributed by atoms with E-state index in [0.717, 1.165) is 32.6 Å². The average Bonchev–Trinajstić information content (AvgIpc) is 2.56. The van der Waals surface area contributed by atoms with Gasteiger partial charge in [-0.15, -0.1) is 0 Å².